The zero-order valence-electron chi connectivity index (χ0n) is 12.4. The first-order valence-corrected chi connectivity index (χ1v) is 7.29. The van der Waals surface area contributed by atoms with Crippen LogP contribution in [0, 0.1) is 6.92 Å². The van der Waals surface area contributed by atoms with Gasteiger partial charge in [0.25, 0.3) is 5.91 Å². The third-order valence-electron chi connectivity index (χ3n) is 3.81. The lowest BCUT2D eigenvalue weighted by atomic mass is 10.1. The molecule has 0 radical (unpaired) electrons. The first-order valence-electron chi connectivity index (χ1n) is 7.29. The van der Waals surface area contributed by atoms with Crippen LogP contribution in [0.3, 0.4) is 0 Å². The second kappa shape index (κ2) is 6.61. The van der Waals surface area contributed by atoms with Gasteiger partial charge in [0, 0.05) is 6.04 Å². The maximum atomic E-state index is 12.0. The van der Waals surface area contributed by atoms with Crippen LogP contribution in [0.2, 0.25) is 0 Å². The highest BCUT2D eigenvalue weighted by Crippen LogP contribution is 2.22. The second-order valence-electron chi connectivity index (χ2n) is 5.51. The third-order valence-corrected chi connectivity index (χ3v) is 3.81. The molecule has 1 aliphatic rings. The highest BCUT2D eigenvalue weighted by molar-refractivity contribution is 5.94. The van der Waals surface area contributed by atoms with Crippen LogP contribution in [0.15, 0.2) is 18.2 Å². The largest absolute Gasteiger partial charge is 0.507 e. The Morgan fingerprint density at radius 3 is 2.67 bits per heavy atom. The lowest BCUT2D eigenvalue weighted by molar-refractivity contribution is -0.129. The van der Waals surface area contributed by atoms with Crippen molar-refractivity contribution in [1.82, 2.24) is 5.32 Å². The number of carbonyl (C=O) groups is 2. The van der Waals surface area contributed by atoms with Gasteiger partial charge in [0.1, 0.15) is 11.3 Å². The number of phenolic OH excluding ortho intramolecular Hbond substituents is 1. The van der Waals surface area contributed by atoms with Crippen LogP contribution >= 0.6 is 0 Å². The zero-order chi connectivity index (χ0) is 15.4. The van der Waals surface area contributed by atoms with E-state index in [1.165, 1.54) is 13.0 Å². The van der Waals surface area contributed by atoms with Crippen LogP contribution < -0.4 is 5.32 Å². The molecule has 5 nitrogen and oxygen atoms in total. The van der Waals surface area contributed by atoms with Gasteiger partial charge in [-0.3, -0.25) is 4.79 Å². The van der Waals surface area contributed by atoms with Crippen LogP contribution in [-0.2, 0) is 9.53 Å². The van der Waals surface area contributed by atoms with Crippen molar-refractivity contribution < 1.29 is 19.4 Å². The Morgan fingerprint density at radius 1 is 1.33 bits per heavy atom. The molecule has 21 heavy (non-hydrogen) atoms. The van der Waals surface area contributed by atoms with Gasteiger partial charge in [0.15, 0.2) is 6.10 Å². The summed E-state index contributed by atoms with van der Waals surface area (Å²) in [4.78, 5) is 24.0. The molecule has 0 heterocycles. The van der Waals surface area contributed by atoms with Gasteiger partial charge in [-0.05, 0) is 38.3 Å². The minimum Gasteiger partial charge on any atom is -0.507 e. The molecule has 0 spiro atoms. The SMILES string of the molecule is Cc1cccc(C(=O)OC(C)C(=O)NC2CCCC2)c1O. The highest BCUT2D eigenvalue weighted by atomic mass is 16.5. The van der Waals surface area contributed by atoms with Crippen molar-refractivity contribution >= 4 is 11.9 Å². The van der Waals surface area contributed by atoms with Crippen molar-refractivity contribution in [2.24, 2.45) is 0 Å². The van der Waals surface area contributed by atoms with Crippen LogP contribution in [0.5, 0.6) is 5.75 Å². The van der Waals surface area contributed by atoms with E-state index >= 15 is 0 Å². The van der Waals surface area contributed by atoms with E-state index < -0.39 is 12.1 Å². The summed E-state index contributed by atoms with van der Waals surface area (Å²) in [5.41, 5.74) is 0.669. The number of phenols is 1. The molecule has 1 aliphatic carbocycles. The van der Waals surface area contributed by atoms with E-state index in [-0.39, 0.29) is 23.3 Å². The number of amides is 1. The molecule has 1 unspecified atom stereocenters. The highest BCUT2D eigenvalue weighted by Gasteiger charge is 2.24. The predicted molar refractivity (Wildman–Crippen MR) is 78.1 cm³/mol. The summed E-state index contributed by atoms with van der Waals surface area (Å²) in [5, 5.41) is 12.7. The molecule has 1 saturated carbocycles. The molecule has 0 aliphatic heterocycles. The molecule has 2 N–H and O–H groups in total. The Bertz CT molecular complexity index is 535. The van der Waals surface area contributed by atoms with Crippen molar-refractivity contribution in [3.63, 3.8) is 0 Å². The summed E-state index contributed by atoms with van der Waals surface area (Å²) < 4.78 is 5.13. The lowest BCUT2D eigenvalue weighted by Gasteiger charge is -2.17. The Morgan fingerprint density at radius 2 is 2.00 bits per heavy atom. The number of carbonyl (C=O) groups excluding carboxylic acids is 2. The first kappa shape index (κ1) is 15.4. The van der Waals surface area contributed by atoms with Gasteiger partial charge in [0.05, 0.1) is 0 Å². The smallest absolute Gasteiger partial charge is 0.342 e. The van der Waals surface area contributed by atoms with Gasteiger partial charge in [-0.1, -0.05) is 25.0 Å². The number of ether oxygens (including phenoxy) is 1. The monoisotopic (exact) mass is 291 g/mol. The van der Waals surface area contributed by atoms with Gasteiger partial charge in [-0.15, -0.1) is 0 Å². The summed E-state index contributed by atoms with van der Waals surface area (Å²) in [6.45, 7) is 3.23. The number of para-hydroxylation sites is 1. The molecule has 0 saturated heterocycles. The van der Waals surface area contributed by atoms with E-state index in [1.807, 2.05) is 0 Å². The van der Waals surface area contributed by atoms with Crippen LogP contribution in [-0.4, -0.2) is 29.1 Å². The van der Waals surface area contributed by atoms with Crippen LogP contribution in [0.25, 0.3) is 0 Å². The van der Waals surface area contributed by atoms with Gasteiger partial charge in [-0.25, -0.2) is 4.79 Å². The van der Waals surface area contributed by atoms with Crippen molar-refractivity contribution in [2.75, 3.05) is 0 Å². The maximum absolute atomic E-state index is 12.0. The number of rotatable bonds is 4. The lowest BCUT2D eigenvalue weighted by Crippen LogP contribution is -2.40. The van der Waals surface area contributed by atoms with Crippen LogP contribution in [0.4, 0.5) is 0 Å². The van der Waals surface area contributed by atoms with Crippen molar-refractivity contribution in [1.29, 1.82) is 0 Å². The molecular formula is C16H21NO4. The summed E-state index contributed by atoms with van der Waals surface area (Å²) >= 11 is 0. The zero-order valence-corrected chi connectivity index (χ0v) is 12.4. The van der Waals surface area contributed by atoms with Crippen LogP contribution in [0.1, 0.15) is 48.5 Å². The molecule has 1 aromatic rings. The summed E-state index contributed by atoms with van der Waals surface area (Å²) in [6, 6.07) is 5.02. The molecule has 2 rings (SSSR count). The molecule has 114 valence electrons. The number of esters is 1. The minimum atomic E-state index is -0.877. The fourth-order valence-electron chi connectivity index (χ4n) is 2.49. The quantitative estimate of drug-likeness (QED) is 0.835. The van der Waals surface area contributed by atoms with Crippen molar-refractivity contribution in [2.45, 2.75) is 51.7 Å². The van der Waals surface area contributed by atoms with E-state index in [2.05, 4.69) is 5.32 Å². The Hall–Kier alpha value is -2.04. The fraction of sp³-hybridized carbons (Fsp3) is 0.500. The summed E-state index contributed by atoms with van der Waals surface area (Å²) in [7, 11) is 0. The number of hydrogen-bond donors (Lipinski definition) is 2. The molecule has 0 aromatic heterocycles. The molecule has 1 fully saturated rings. The van der Waals surface area contributed by atoms with Gasteiger partial charge in [0.2, 0.25) is 0 Å². The van der Waals surface area contributed by atoms with Gasteiger partial charge >= 0.3 is 5.97 Å². The standard InChI is InChI=1S/C16H21NO4/c1-10-6-5-9-13(14(10)18)16(20)21-11(2)15(19)17-12-7-3-4-8-12/h5-6,9,11-12,18H,3-4,7-8H2,1-2H3,(H,17,19). The molecule has 1 aromatic carbocycles. The molecular weight excluding hydrogens is 270 g/mol. The Labute approximate surface area is 124 Å². The number of nitrogens with one attached hydrogen (secondary N) is 1. The average molecular weight is 291 g/mol. The molecule has 0 bridgehead atoms. The summed E-state index contributed by atoms with van der Waals surface area (Å²) in [6.07, 6.45) is 3.32. The van der Waals surface area contributed by atoms with E-state index in [1.54, 1.807) is 19.1 Å². The molecule has 1 amide bonds. The van der Waals surface area contributed by atoms with Gasteiger partial charge < -0.3 is 15.2 Å². The number of benzene rings is 1. The topological polar surface area (TPSA) is 75.6 Å². The minimum absolute atomic E-state index is 0.0792. The Balaban J connectivity index is 1.95. The molecule has 1 atom stereocenters. The van der Waals surface area contributed by atoms with E-state index in [4.69, 9.17) is 4.74 Å². The van der Waals surface area contributed by atoms with E-state index in [9.17, 15) is 14.7 Å². The first-order chi connectivity index (χ1) is 9.99. The predicted octanol–water partition coefficient (Wildman–Crippen LogP) is 2.30. The maximum Gasteiger partial charge on any atom is 0.342 e. The number of aromatic hydroxyl groups is 1. The van der Waals surface area contributed by atoms with E-state index in [0.29, 0.717) is 5.56 Å². The molecule has 5 heteroatoms. The van der Waals surface area contributed by atoms with Crippen molar-refractivity contribution in [3.05, 3.63) is 29.3 Å². The average Bonchev–Trinajstić information content (AvgIpc) is 2.94. The second-order valence-corrected chi connectivity index (χ2v) is 5.51. The normalized spacial score (nSPS) is 16.5. The third kappa shape index (κ3) is 3.74. The Kier molecular flexibility index (Phi) is 4.83. The fourth-order valence-corrected chi connectivity index (χ4v) is 2.49. The van der Waals surface area contributed by atoms with Crippen molar-refractivity contribution in [3.8, 4) is 5.75 Å². The number of aryl methyl sites for hydroxylation is 1. The number of hydrogen-bond acceptors (Lipinski definition) is 4. The van der Waals surface area contributed by atoms with E-state index in [0.717, 1.165) is 25.7 Å². The van der Waals surface area contributed by atoms with Gasteiger partial charge in [-0.2, -0.15) is 0 Å². The summed E-state index contributed by atoms with van der Waals surface area (Å²) in [5.74, 6) is -1.08.